The van der Waals surface area contributed by atoms with Gasteiger partial charge < -0.3 is 14.6 Å². The number of nitro groups is 1. The second-order valence-corrected chi connectivity index (χ2v) is 5.42. The molecule has 1 aromatic heterocycles. The molecule has 25 heavy (non-hydrogen) atoms. The maximum absolute atomic E-state index is 12.4. The van der Waals surface area contributed by atoms with Crippen LogP contribution in [-0.2, 0) is 11.3 Å². The summed E-state index contributed by atoms with van der Waals surface area (Å²) < 4.78 is 6.75. The number of nitrogens with zero attached hydrogens (tertiary/aromatic N) is 3. The Balaban J connectivity index is 1.85. The van der Waals surface area contributed by atoms with Gasteiger partial charge in [-0.05, 0) is 31.2 Å². The zero-order valence-electron chi connectivity index (χ0n) is 13.7. The van der Waals surface area contributed by atoms with Crippen molar-refractivity contribution in [3.63, 3.8) is 0 Å². The van der Waals surface area contributed by atoms with E-state index in [4.69, 9.17) is 4.74 Å². The minimum atomic E-state index is -0.560. The topological polar surface area (TPSA) is 99.3 Å². The summed E-state index contributed by atoms with van der Waals surface area (Å²) in [6.45, 7) is 1.82. The van der Waals surface area contributed by atoms with Gasteiger partial charge >= 0.3 is 0 Å². The number of aryl methyl sites for hydroxylation is 1. The molecule has 3 rings (SSSR count). The van der Waals surface area contributed by atoms with Gasteiger partial charge in [0.05, 0.1) is 29.1 Å². The van der Waals surface area contributed by atoms with Gasteiger partial charge in [-0.1, -0.05) is 12.1 Å². The number of carbonyl (C=O) groups excluding carboxylic acids is 1. The predicted molar refractivity (Wildman–Crippen MR) is 92.7 cm³/mol. The molecular formula is C17H16N4O4. The standard InChI is InChI=1S/C17H16N4O4/c1-11-18-13-5-3-4-6-15(13)20(11)10-17(22)19-14-8-7-12(25-2)9-16(14)21(23)24/h3-9H,10H2,1-2H3,(H,19,22). The van der Waals surface area contributed by atoms with Crippen LogP contribution in [0, 0.1) is 17.0 Å². The Morgan fingerprint density at radius 3 is 2.80 bits per heavy atom. The van der Waals surface area contributed by atoms with Crippen LogP contribution in [0.3, 0.4) is 0 Å². The van der Waals surface area contributed by atoms with Crippen LogP contribution in [-0.4, -0.2) is 27.5 Å². The second kappa shape index (κ2) is 6.60. The van der Waals surface area contributed by atoms with Crippen LogP contribution in [0.4, 0.5) is 11.4 Å². The van der Waals surface area contributed by atoms with Crippen molar-refractivity contribution in [3.05, 3.63) is 58.4 Å². The number of aromatic nitrogens is 2. The van der Waals surface area contributed by atoms with Crippen LogP contribution < -0.4 is 10.1 Å². The van der Waals surface area contributed by atoms with E-state index < -0.39 is 4.92 Å². The van der Waals surface area contributed by atoms with Crippen LogP contribution >= 0.6 is 0 Å². The quantitative estimate of drug-likeness (QED) is 0.569. The van der Waals surface area contributed by atoms with Crippen molar-refractivity contribution < 1.29 is 14.5 Å². The molecule has 0 spiro atoms. The maximum atomic E-state index is 12.4. The van der Waals surface area contributed by atoms with E-state index in [0.717, 1.165) is 11.0 Å². The van der Waals surface area contributed by atoms with Crippen LogP contribution in [0.2, 0.25) is 0 Å². The van der Waals surface area contributed by atoms with Gasteiger partial charge in [0.25, 0.3) is 5.69 Å². The number of nitro benzene ring substituents is 1. The van der Waals surface area contributed by atoms with Crippen molar-refractivity contribution in [2.24, 2.45) is 0 Å². The molecule has 3 aromatic rings. The summed E-state index contributed by atoms with van der Waals surface area (Å²) in [6.07, 6.45) is 0. The number of anilines is 1. The lowest BCUT2D eigenvalue weighted by atomic mass is 10.2. The Labute approximate surface area is 143 Å². The van der Waals surface area contributed by atoms with Gasteiger partial charge in [-0.3, -0.25) is 14.9 Å². The van der Waals surface area contributed by atoms with Gasteiger partial charge in [0.1, 0.15) is 23.8 Å². The number of ether oxygens (including phenoxy) is 1. The lowest BCUT2D eigenvalue weighted by Crippen LogP contribution is -2.20. The number of fused-ring (bicyclic) bond motifs is 1. The van der Waals surface area contributed by atoms with E-state index in [1.54, 1.807) is 10.6 Å². The van der Waals surface area contributed by atoms with Crippen LogP contribution in [0.15, 0.2) is 42.5 Å². The van der Waals surface area contributed by atoms with Crippen LogP contribution in [0.25, 0.3) is 11.0 Å². The first-order valence-corrected chi connectivity index (χ1v) is 7.53. The summed E-state index contributed by atoms with van der Waals surface area (Å²) in [5.41, 5.74) is 1.53. The first kappa shape index (κ1) is 16.4. The van der Waals surface area contributed by atoms with Gasteiger partial charge in [-0.2, -0.15) is 0 Å². The fourth-order valence-electron chi connectivity index (χ4n) is 2.62. The molecule has 8 nitrogen and oxygen atoms in total. The van der Waals surface area contributed by atoms with E-state index in [0.29, 0.717) is 11.6 Å². The van der Waals surface area contributed by atoms with Crippen LogP contribution in [0.1, 0.15) is 5.82 Å². The average molecular weight is 340 g/mol. The number of rotatable bonds is 5. The Morgan fingerprint density at radius 1 is 1.32 bits per heavy atom. The summed E-state index contributed by atoms with van der Waals surface area (Å²) in [4.78, 5) is 27.4. The van der Waals surface area contributed by atoms with Gasteiger partial charge in [-0.25, -0.2) is 4.98 Å². The monoisotopic (exact) mass is 340 g/mol. The highest BCUT2D eigenvalue weighted by Gasteiger charge is 2.18. The molecule has 0 saturated heterocycles. The largest absolute Gasteiger partial charge is 0.496 e. The highest BCUT2D eigenvalue weighted by atomic mass is 16.6. The van der Waals surface area contributed by atoms with E-state index >= 15 is 0 Å². The molecule has 0 bridgehead atoms. The number of methoxy groups -OCH3 is 1. The van der Waals surface area contributed by atoms with Crippen molar-refractivity contribution in [3.8, 4) is 5.75 Å². The first-order valence-electron chi connectivity index (χ1n) is 7.53. The zero-order valence-corrected chi connectivity index (χ0v) is 13.7. The lowest BCUT2D eigenvalue weighted by molar-refractivity contribution is -0.384. The number of hydrogen-bond donors (Lipinski definition) is 1. The predicted octanol–water partition coefficient (Wildman–Crippen LogP) is 2.90. The number of imidazole rings is 1. The van der Waals surface area contributed by atoms with Crippen molar-refractivity contribution in [1.82, 2.24) is 9.55 Å². The Hall–Kier alpha value is -3.42. The summed E-state index contributed by atoms with van der Waals surface area (Å²) in [5.74, 6) is 0.668. The molecular weight excluding hydrogens is 324 g/mol. The van der Waals surface area contributed by atoms with E-state index in [2.05, 4.69) is 10.3 Å². The van der Waals surface area contributed by atoms with Gasteiger partial charge in [0, 0.05) is 0 Å². The molecule has 1 amide bonds. The second-order valence-electron chi connectivity index (χ2n) is 5.42. The molecule has 0 fully saturated rings. The first-order chi connectivity index (χ1) is 12.0. The van der Waals surface area contributed by atoms with Crippen molar-refractivity contribution in [1.29, 1.82) is 0 Å². The minimum Gasteiger partial charge on any atom is -0.496 e. The Kier molecular flexibility index (Phi) is 4.34. The van der Waals surface area contributed by atoms with Gasteiger partial charge in [0.15, 0.2) is 0 Å². The van der Waals surface area contributed by atoms with E-state index in [-0.39, 0.29) is 23.8 Å². The molecule has 1 heterocycles. The van der Waals surface area contributed by atoms with Crippen molar-refractivity contribution in [2.75, 3.05) is 12.4 Å². The molecule has 8 heteroatoms. The summed E-state index contributed by atoms with van der Waals surface area (Å²) in [6, 6.07) is 11.8. The van der Waals surface area contributed by atoms with E-state index in [1.807, 2.05) is 31.2 Å². The van der Waals surface area contributed by atoms with Crippen LogP contribution in [0.5, 0.6) is 5.75 Å². The maximum Gasteiger partial charge on any atom is 0.296 e. The molecule has 0 atom stereocenters. The number of benzene rings is 2. The number of amides is 1. The zero-order chi connectivity index (χ0) is 18.0. The minimum absolute atomic E-state index is 0.00945. The third-order valence-electron chi connectivity index (χ3n) is 3.82. The molecule has 2 aromatic carbocycles. The van der Waals surface area contributed by atoms with Gasteiger partial charge in [-0.15, -0.1) is 0 Å². The smallest absolute Gasteiger partial charge is 0.296 e. The molecule has 0 unspecified atom stereocenters. The number of para-hydroxylation sites is 2. The molecule has 0 aliphatic rings. The average Bonchev–Trinajstić information content (AvgIpc) is 2.90. The lowest BCUT2D eigenvalue weighted by Gasteiger charge is -2.09. The molecule has 0 aliphatic heterocycles. The molecule has 1 N–H and O–H groups in total. The normalized spacial score (nSPS) is 10.6. The number of carbonyl (C=O) groups is 1. The Bertz CT molecular complexity index is 964. The van der Waals surface area contributed by atoms with Crippen molar-refractivity contribution >= 4 is 28.3 Å². The van der Waals surface area contributed by atoms with E-state index in [1.165, 1.54) is 19.2 Å². The molecule has 0 radical (unpaired) electrons. The molecule has 0 aliphatic carbocycles. The SMILES string of the molecule is COc1ccc(NC(=O)Cn2c(C)nc3ccccc32)c([N+](=O)[O-])c1. The number of nitrogens with one attached hydrogen (secondary N) is 1. The van der Waals surface area contributed by atoms with Crippen molar-refractivity contribution in [2.45, 2.75) is 13.5 Å². The summed E-state index contributed by atoms with van der Waals surface area (Å²) in [5, 5.41) is 13.8. The third-order valence-corrected chi connectivity index (χ3v) is 3.82. The fraction of sp³-hybridized carbons (Fsp3) is 0.176. The third kappa shape index (κ3) is 3.27. The van der Waals surface area contributed by atoms with Gasteiger partial charge in [0.2, 0.25) is 5.91 Å². The number of hydrogen-bond acceptors (Lipinski definition) is 5. The highest BCUT2D eigenvalue weighted by Crippen LogP contribution is 2.29. The molecule has 0 saturated carbocycles. The van der Waals surface area contributed by atoms with E-state index in [9.17, 15) is 14.9 Å². The molecule has 128 valence electrons. The highest BCUT2D eigenvalue weighted by molar-refractivity contribution is 5.94. The summed E-state index contributed by atoms with van der Waals surface area (Å²) in [7, 11) is 1.42. The summed E-state index contributed by atoms with van der Waals surface area (Å²) >= 11 is 0. The fourth-order valence-corrected chi connectivity index (χ4v) is 2.62. The Morgan fingerprint density at radius 2 is 2.08 bits per heavy atom.